The number of hydrogen-bond donors (Lipinski definition) is 0. The molecule has 0 aliphatic carbocycles. The summed E-state index contributed by atoms with van der Waals surface area (Å²) in [6, 6.07) is 1.63. The highest BCUT2D eigenvalue weighted by molar-refractivity contribution is 5.72. The Morgan fingerprint density at radius 3 is 3.09 bits per heavy atom. The zero-order chi connectivity index (χ0) is 10.8. The van der Waals surface area contributed by atoms with E-state index in [9.17, 15) is 4.79 Å². The van der Waals surface area contributed by atoms with Gasteiger partial charge in [-0.15, -0.1) is 0 Å². The molecule has 1 heterocycles. The summed E-state index contributed by atoms with van der Waals surface area (Å²) in [6.07, 6.45) is 3.83. The molecule has 0 aliphatic rings. The minimum absolute atomic E-state index is 0.216. The van der Waals surface area contributed by atoms with Crippen molar-refractivity contribution in [1.82, 2.24) is 4.57 Å². The monoisotopic (exact) mass is 154 g/mol. The minimum atomic E-state index is -2.26. The van der Waals surface area contributed by atoms with E-state index in [2.05, 4.69) is 0 Å². The summed E-state index contributed by atoms with van der Waals surface area (Å²) in [5.74, 6) is 0. The van der Waals surface area contributed by atoms with Crippen molar-refractivity contribution in [3.8, 4) is 0 Å². The molecule has 11 heavy (non-hydrogen) atoms. The molecular formula is C9H13NO. The second-order valence-electron chi connectivity index (χ2n) is 2.51. The van der Waals surface area contributed by atoms with Crippen LogP contribution in [0.2, 0.25) is 0 Å². The Balaban J connectivity index is 3.09. The average Bonchev–Trinajstić information content (AvgIpc) is 2.47. The van der Waals surface area contributed by atoms with Crippen LogP contribution in [0.25, 0.3) is 0 Å². The number of carbonyl (C=O) groups excluding carboxylic acids is 1. The van der Waals surface area contributed by atoms with Gasteiger partial charge in [0.15, 0.2) is 6.29 Å². The molecule has 0 unspecified atom stereocenters. The van der Waals surface area contributed by atoms with Crippen molar-refractivity contribution in [3.63, 3.8) is 0 Å². The van der Waals surface area contributed by atoms with Gasteiger partial charge >= 0.3 is 0 Å². The molecule has 0 bridgehead atoms. The summed E-state index contributed by atoms with van der Waals surface area (Å²) in [4.78, 5) is 10.6. The first-order valence-electron chi connectivity index (χ1n) is 5.16. The Kier molecular flexibility index (Phi) is 1.46. The van der Waals surface area contributed by atoms with E-state index in [0.717, 1.165) is 23.0 Å². The van der Waals surface area contributed by atoms with Gasteiger partial charge in [0, 0.05) is 17.3 Å². The van der Waals surface area contributed by atoms with Crippen LogP contribution in [0.5, 0.6) is 0 Å². The molecular weight excluding hydrogens is 138 g/mol. The van der Waals surface area contributed by atoms with Gasteiger partial charge < -0.3 is 4.57 Å². The fourth-order valence-electron chi connectivity index (χ4n) is 1.05. The fraction of sp³-hybridized carbons (Fsp3) is 0.444. The quantitative estimate of drug-likeness (QED) is 0.608. The topological polar surface area (TPSA) is 22.0 Å². The molecule has 1 aromatic heterocycles. The first-order chi connectivity index (χ1) is 6.49. The predicted octanol–water partition coefficient (Wildman–Crippen LogP) is 1.79. The third kappa shape index (κ3) is 1.70. The molecule has 0 amide bonds. The van der Waals surface area contributed by atoms with Crippen molar-refractivity contribution in [2.24, 2.45) is 6.98 Å². The highest BCUT2D eigenvalue weighted by Gasteiger charge is 1.99. The SMILES string of the molecule is [2H]C([2H])([2H])n1cc(CCC)cc1C=O. The smallest absolute Gasteiger partial charge is 0.166 e. The number of aryl methyl sites for hydroxylation is 2. The standard InChI is InChI=1S/C9H13NO/c1-3-4-8-5-9(7-11)10(2)6-8/h5-7H,3-4H2,1-2H3/i2D3. The van der Waals surface area contributed by atoms with E-state index < -0.39 is 6.98 Å². The van der Waals surface area contributed by atoms with Crippen molar-refractivity contribution in [2.45, 2.75) is 19.8 Å². The lowest BCUT2D eigenvalue weighted by molar-refractivity contribution is 0.111. The van der Waals surface area contributed by atoms with E-state index in [1.807, 2.05) is 6.92 Å². The van der Waals surface area contributed by atoms with Crippen molar-refractivity contribution in [3.05, 3.63) is 23.5 Å². The Bertz CT molecular complexity index is 327. The van der Waals surface area contributed by atoms with E-state index in [-0.39, 0.29) is 5.69 Å². The third-order valence-electron chi connectivity index (χ3n) is 1.57. The van der Waals surface area contributed by atoms with Gasteiger partial charge in [0.25, 0.3) is 0 Å². The number of rotatable bonds is 3. The summed E-state index contributed by atoms with van der Waals surface area (Å²) in [5.41, 5.74) is 1.11. The molecule has 2 nitrogen and oxygen atoms in total. The van der Waals surface area contributed by atoms with Gasteiger partial charge in [-0.1, -0.05) is 13.3 Å². The lowest BCUT2D eigenvalue weighted by Crippen LogP contribution is -1.90. The summed E-state index contributed by atoms with van der Waals surface area (Å²) in [5, 5.41) is 0. The van der Waals surface area contributed by atoms with Gasteiger partial charge in [-0.25, -0.2) is 0 Å². The second-order valence-corrected chi connectivity index (χ2v) is 2.51. The Morgan fingerprint density at radius 1 is 1.82 bits per heavy atom. The maximum Gasteiger partial charge on any atom is 0.166 e. The molecule has 0 fully saturated rings. The molecule has 0 saturated carbocycles. The second kappa shape index (κ2) is 3.37. The highest BCUT2D eigenvalue weighted by Crippen LogP contribution is 2.06. The van der Waals surface area contributed by atoms with E-state index in [1.165, 1.54) is 6.20 Å². The summed E-state index contributed by atoms with van der Waals surface area (Å²) in [6.45, 7) is -0.254. The number of nitrogens with zero attached hydrogens (tertiary/aromatic N) is 1. The van der Waals surface area contributed by atoms with Gasteiger partial charge in [0.05, 0.1) is 5.69 Å². The molecule has 0 spiro atoms. The van der Waals surface area contributed by atoms with Crippen molar-refractivity contribution in [1.29, 1.82) is 0 Å². The number of hydrogen-bond acceptors (Lipinski definition) is 1. The number of aromatic nitrogens is 1. The van der Waals surface area contributed by atoms with Crippen LogP contribution >= 0.6 is 0 Å². The molecule has 1 rings (SSSR count). The lowest BCUT2D eigenvalue weighted by Gasteiger charge is -1.90. The zero-order valence-corrected chi connectivity index (χ0v) is 6.50. The zero-order valence-electron chi connectivity index (χ0n) is 9.50. The summed E-state index contributed by atoms with van der Waals surface area (Å²) < 4.78 is 22.6. The van der Waals surface area contributed by atoms with Crippen molar-refractivity contribution in [2.75, 3.05) is 0 Å². The van der Waals surface area contributed by atoms with Crippen LogP contribution in [0.15, 0.2) is 12.3 Å². The van der Waals surface area contributed by atoms with Gasteiger partial charge in [-0.3, -0.25) is 4.79 Å². The highest BCUT2D eigenvalue weighted by atomic mass is 16.1. The molecule has 0 saturated heterocycles. The van der Waals surface area contributed by atoms with Gasteiger partial charge in [-0.05, 0) is 18.1 Å². The Hall–Kier alpha value is -1.05. The molecule has 0 N–H and O–H groups in total. The molecule has 0 aromatic carbocycles. The van der Waals surface area contributed by atoms with E-state index in [4.69, 9.17) is 4.11 Å². The van der Waals surface area contributed by atoms with Crippen molar-refractivity contribution >= 4 is 6.29 Å². The Labute approximate surface area is 71.1 Å². The van der Waals surface area contributed by atoms with Gasteiger partial charge in [0.2, 0.25) is 0 Å². The number of carbonyl (C=O) groups is 1. The first kappa shape index (κ1) is 4.75. The van der Waals surface area contributed by atoms with Crippen LogP contribution in [0.3, 0.4) is 0 Å². The summed E-state index contributed by atoms with van der Waals surface area (Å²) in [7, 11) is 0. The first-order valence-corrected chi connectivity index (χ1v) is 3.66. The van der Waals surface area contributed by atoms with Crippen LogP contribution in [-0.2, 0) is 13.4 Å². The molecule has 60 valence electrons. The lowest BCUT2D eigenvalue weighted by atomic mass is 10.2. The van der Waals surface area contributed by atoms with Crippen LogP contribution in [0.1, 0.15) is 33.5 Å². The van der Waals surface area contributed by atoms with Gasteiger partial charge in [0.1, 0.15) is 0 Å². The third-order valence-corrected chi connectivity index (χ3v) is 1.57. The van der Waals surface area contributed by atoms with E-state index in [1.54, 1.807) is 6.07 Å². The van der Waals surface area contributed by atoms with E-state index in [0.29, 0.717) is 6.29 Å². The van der Waals surface area contributed by atoms with E-state index >= 15 is 0 Å². The molecule has 0 atom stereocenters. The van der Waals surface area contributed by atoms with Crippen LogP contribution in [0.4, 0.5) is 0 Å². The minimum Gasteiger partial charge on any atom is -0.348 e. The van der Waals surface area contributed by atoms with Gasteiger partial charge in [-0.2, -0.15) is 0 Å². The molecule has 1 aromatic rings. The maximum atomic E-state index is 10.6. The average molecular weight is 154 g/mol. The molecule has 2 heteroatoms. The molecule has 0 radical (unpaired) electrons. The summed E-state index contributed by atoms with van der Waals surface area (Å²) >= 11 is 0. The largest absolute Gasteiger partial charge is 0.348 e. The number of aldehydes is 1. The molecule has 0 aliphatic heterocycles. The predicted molar refractivity (Wildman–Crippen MR) is 44.8 cm³/mol. The normalized spacial score (nSPS) is 15.2. The van der Waals surface area contributed by atoms with Crippen LogP contribution < -0.4 is 0 Å². The van der Waals surface area contributed by atoms with Crippen LogP contribution in [0, 0.1) is 0 Å². The van der Waals surface area contributed by atoms with Crippen molar-refractivity contribution < 1.29 is 8.91 Å². The Morgan fingerprint density at radius 2 is 2.64 bits per heavy atom. The maximum absolute atomic E-state index is 10.6. The van der Waals surface area contributed by atoms with Crippen LogP contribution in [-0.4, -0.2) is 10.9 Å². The fourth-order valence-corrected chi connectivity index (χ4v) is 1.05.